The summed E-state index contributed by atoms with van der Waals surface area (Å²) in [4.78, 5) is 20.4. The fourth-order valence-electron chi connectivity index (χ4n) is 5.00. The zero-order chi connectivity index (χ0) is 20.4. The van der Waals surface area contributed by atoms with E-state index in [9.17, 15) is 4.79 Å². The molecule has 1 aromatic rings. The average Bonchev–Trinajstić information content (AvgIpc) is 3.42. The Hall–Kier alpha value is -1.43. The van der Waals surface area contributed by atoms with Crippen LogP contribution in [0.25, 0.3) is 0 Å². The third-order valence-electron chi connectivity index (χ3n) is 6.58. The van der Waals surface area contributed by atoms with Crippen molar-refractivity contribution in [3.8, 4) is 0 Å². The first-order chi connectivity index (χ1) is 14.0. The minimum Gasteiger partial charge on any atom is -0.373 e. The zero-order valence-electron chi connectivity index (χ0n) is 18.3. The molecule has 3 unspecified atom stereocenters. The monoisotopic (exact) mass is 399 g/mol. The van der Waals surface area contributed by atoms with Crippen LogP contribution in [0, 0.1) is 6.92 Å². The maximum Gasteiger partial charge on any atom is 0.237 e. The molecule has 2 aliphatic heterocycles. The molecular formula is C24H37N3O2. The number of hydrogen-bond acceptors (Lipinski definition) is 4. The van der Waals surface area contributed by atoms with Crippen LogP contribution < -0.4 is 0 Å². The van der Waals surface area contributed by atoms with Gasteiger partial charge in [-0.05, 0) is 58.6 Å². The summed E-state index contributed by atoms with van der Waals surface area (Å²) in [5.74, 6) is 0.309. The van der Waals surface area contributed by atoms with E-state index in [2.05, 4.69) is 59.7 Å². The SMILES string of the molecule is Cc1ccc(CN(C(=O)CN2CCCC2CN2CC(C)OC(C)C2)C2CC2)cc1. The van der Waals surface area contributed by atoms with Gasteiger partial charge in [-0.1, -0.05) is 29.8 Å². The number of morpholine rings is 1. The van der Waals surface area contributed by atoms with Crippen LogP contribution in [0.2, 0.25) is 0 Å². The smallest absolute Gasteiger partial charge is 0.237 e. The average molecular weight is 400 g/mol. The molecule has 3 fully saturated rings. The number of aryl methyl sites for hydroxylation is 1. The number of nitrogens with zero attached hydrogens (tertiary/aromatic N) is 3. The summed E-state index contributed by atoms with van der Waals surface area (Å²) in [6.07, 6.45) is 5.32. The van der Waals surface area contributed by atoms with Gasteiger partial charge in [0.1, 0.15) is 0 Å². The Morgan fingerprint density at radius 2 is 1.79 bits per heavy atom. The van der Waals surface area contributed by atoms with E-state index in [0.29, 0.717) is 36.7 Å². The van der Waals surface area contributed by atoms with Gasteiger partial charge in [-0.2, -0.15) is 0 Å². The molecule has 2 saturated heterocycles. The molecule has 1 aromatic carbocycles. The van der Waals surface area contributed by atoms with Crippen molar-refractivity contribution >= 4 is 5.91 Å². The minimum absolute atomic E-state index is 0.301. The molecular weight excluding hydrogens is 362 g/mol. The van der Waals surface area contributed by atoms with Crippen molar-refractivity contribution in [1.82, 2.24) is 14.7 Å². The molecule has 0 aromatic heterocycles. The maximum absolute atomic E-state index is 13.2. The molecule has 3 atom stereocenters. The van der Waals surface area contributed by atoms with Gasteiger partial charge in [0.25, 0.3) is 0 Å². The van der Waals surface area contributed by atoms with E-state index in [1.54, 1.807) is 0 Å². The summed E-state index contributed by atoms with van der Waals surface area (Å²) in [6, 6.07) is 9.56. The number of likely N-dealkylation sites (tertiary alicyclic amines) is 1. The van der Waals surface area contributed by atoms with Gasteiger partial charge >= 0.3 is 0 Å². The fourth-order valence-corrected chi connectivity index (χ4v) is 5.00. The Morgan fingerprint density at radius 3 is 2.45 bits per heavy atom. The largest absolute Gasteiger partial charge is 0.373 e. The summed E-state index contributed by atoms with van der Waals surface area (Å²) in [5.41, 5.74) is 2.51. The number of rotatable bonds is 7. The van der Waals surface area contributed by atoms with Crippen LogP contribution in [-0.4, -0.2) is 77.6 Å². The molecule has 0 N–H and O–H groups in total. The second kappa shape index (κ2) is 9.15. The van der Waals surface area contributed by atoms with Crippen molar-refractivity contribution in [2.45, 2.75) is 77.3 Å². The van der Waals surface area contributed by atoms with Crippen LogP contribution in [0.15, 0.2) is 24.3 Å². The third-order valence-corrected chi connectivity index (χ3v) is 6.58. The van der Waals surface area contributed by atoms with E-state index >= 15 is 0 Å². The Morgan fingerprint density at radius 1 is 1.10 bits per heavy atom. The van der Waals surface area contributed by atoms with Crippen molar-refractivity contribution in [3.05, 3.63) is 35.4 Å². The summed E-state index contributed by atoms with van der Waals surface area (Å²) >= 11 is 0. The van der Waals surface area contributed by atoms with Gasteiger partial charge in [0, 0.05) is 38.3 Å². The van der Waals surface area contributed by atoms with Crippen LogP contribution in [0.1, 0.15) is 50.7 Å². The van der Waals surface area contributed by atoms with Gasteiger partial charge in [-0.3, -0.25) is 14.6 Å². The highest BCUT2D eigenvalue weighted by Crippen LogP contribution is 2.29. The Bertz CT molecular complexity index is 678. The molecule has 0 radical (unpaired) electrons. The van der Waals surface area contributed by atoms with Gasteiger partial charge in [0.2, 0.25) is 5.91 Å². The molecule has 1 saturated carbocycles. The van der Waals surface area contributed by atoms with Gasteiger partial charge in [0.05, 0.1) is 18.8 Å². The molecule has 0 bridgehead atoms. The van der Waals surface area contributed by atoms with E-state index in [0.717, 1.165) is 45.6 Å². The highest BCUT2D eigenvalue weighted by atomic mass is 16.5. The third kappa shape index (κ3) is 5.59. The first-order valence-corrected chi connectivity index (χ1v) is 11.4. The first-order valence-electron chi connectivity index (χ1n) is 11.4. The highest BCUT2D eigenvalue weighted by molar-refractivity contribution is 5.79. The standard InChI is InChI=1S/C24H37N3O2/c1-18-6-8-21(9-7-18)15-27(22-10-11-22)24(28)17-26-12-4-5-23(26)16-25-13-19(2)29-20(3)14-25/h6-9,19-20,22-23H,4-5,10-17H2,1-3H3. The second-order valence-corrected chi connectivity index (χ2v) is 9.48. The lowest BCUT2D eigenvalue weighted by molar-refractivity contribution is -0.134. The van der Waals surface area contributed by atoms with Gasteiger partial charge in [-0.15, -0.1) is 0 Å². The lowest BCUT2D eigenvalue weighted by Gasteiger charge is -2.38. The van der Waals surface area contributed by atoms with E-state index in [-0.39, 0.29) is 0 Å². The molecule has 4 rings (SSSR count). The van der Waals surface area contributed by atoms with Crippen molar-refractivity contribution in [2.75, 3.05) is 32.7 Å². The number of ether oxygens (including phenoxy) is 1. The second-order valence-electron chi connectivity index (χ2n) is 9.48. The number of benzene rings is 1. The van der Waals surface area contributed by atoms with E-state index in [1.165, 1.54) is 24.0 Å². The van der Waals surface area contributed by atoms with Crippen LogP contribution in [0.3, 0.4) is 0 Å². The predicted octanol–water partition coefficient (Wildman–Crippen LogP) is 3.06. The number of hydrogen-bond donors (Lipinski definition) is 0. The molecule has 0 spiro atoms. The van der Waals surface area contributed by atoms with Crippen LogP contribution in [0.5, 0.6) is 0 Å². The lowest BCUT2D eigenvalue weighted by atomic mass is 10.1. The molecule has 2 heterocycles. The normalized spacial score (nSPS) is 28.6. The molecule has 29 heavy (non-hydrogen) atoms. The topological polar surface area (TPSA) is 36.0 Å². The van der Waals surface area contributed by atoms with Gasteiger partial charge < -0.3 is 9.64 Å². The van der Waals surface area contributed by atoms with Crippen molar-refractivity contribution in [2.24, 2.45) is 0 Å². The van der Waals surface area contributed by atoms with Crippen LogP contribution in [-0.2, 0) is 16.1 Å². The van der Waals surface area contributed by atoms with E-state index < -0.39 is 0 Å². The molecule has 5 nitrogen and oxygen atoms in total. The number of carbonyl (C=O) groups excluding carboxylic acids is 1. The summed E-state index contributed by atoms with van der Waals surface area (Å²) in [5, 5.41) is 0. The van der Waals surface area contributed by atoms with Crippen LogP contribution in [0.4, 0.5) is 0 Å². The maximum atomic E-state index is 13.2. The fraction of sp³-hybridized carbons (Fsp3) is 0.708. The molecule has 1 amide bonds. The number of amides is 1. The van der Waals surface area contributed by atoms with Gasteiger partial charge in [-0.25, -0.2) is 0 Å². The molecule has 3 aliphatic rings. The Labute approximate surface area is 176 Å². The van der Waals surface area contributed by atoms with Crippen molar-refractivity contribution in [1.29, 1.82) is 0 Å². The lowest BCUT2D eigenvalue weighted by Crippen LogP contribution is -2.51. The summed E-state index contributed by atoms with van der Waals surface area (Å²) < 4.78 is 5.88. The quantitative estimate of drug-likeness (QED) is 0.706. The van der Waals surface area contributed by atoms with Gasteiger partial charge in [0.15, 0.2) is 0 Å². The predicted molar refractivity (Wildman–Crippen MR) is 116 cm³/mol. The van der Waals surface area contributed by atoms with Crippen molar-refractivity contribution < 1.29 is 9.53 Å². The van der Waals surface area contributed by atoms with Crippen LogP contribution >= 0.6 is 0 Å². The highest BCUT2D eigenvalue weighted by Gasteiger charge is 2.36. The molecule has 160 valence electrons. The molecule has 1 aliphatic carbocycles. The minimum atomic E-state index is 0.301. The van der Waals surface area contributed by atoms with Crippen molar-refractivity contribution in [3.63, 3.8) is 0 Å². The van der Waals surface area contributed by atoms with E-state index in [1.807, 2.05) is 0 Å². The summed E-state index contributed by atoms with van der Waals surface area (Å²) in [6.45, 7) is 11.9. The van der Waals surface area contributed by atoms with E-state index in [4.69, 9.17) is 4.74 Å². The zero-order valence-corrected chi connectivity index (χ0v) is 18.3. The number of carbonyl (C=O) groups is 1. The molecule has 5 heteroatoms. The Kier molecular flexibility index (Phi) is 6.57. The first kappa shape index (κ1) is 20.8. The Balaban J connectivity index is 1.34. The summed E-state index contributed by atoms with van der Waals surface area (Å²) in [7, 11) is 0.